The van der Waals surface area contributed by atoms with Gasteiger partial charge < -0.3 is 0 Å². The lowest BCUT2D eigenvalue weighted by atomic mass is 9.91. The number of rotatable bonds is 5. The molecule has 0 saturated heterocycles. The van der Waals surface area contributed by atoms with Gasteiger partial charge >= 0.3 is 0 Å². The molecule has 1 aliphatic rings. The van der Waals surface area contributed by atoms with Gasteiger partial charge in [-0.1, -0.05) is 19.3 Å². The Balaban J connectivity index is 2.10. The van der Waals surface area contributed by atoms with Crippen LogP contribution in [0.4, 0.5) is 0 Å². The Labute approximate surface area is 89.1 Å². The molecule has 0 aromatic rings. The summed E-state index contributed by atoms with van der Waals surface area (Å²) in [4.78, 5) is 0. The molecule has 80 valence electrons. The number of nitriles is 1. The van der Waals surface area contributed by atoms with Crippen molar-refractivity contribution in [3.05, 3.63) is 0 Å². The van der Waals surface area contributed by atoms with Crippen molar-refractivity contribution >= 4 is 10.8 Å². The summed E-state index contributed by atoms with van der Waals surface area (Å²) in [7, 11) is -0.670. The maximum atomic E-state index is 11.6. The van der Waals surface area contributed by atoms with Gasteiger partial charge in [0.1, 0.15) is 0 Å². The Morgan fingerprint density at radius 2 is 2.00 bits per heavy atom. The zero-order valence-corrected chi connectivity index (χ0v) is 9.52. The third kappa shape index (κ3) is 4.76. The highest BCUT2D eigenvalue weighted by molar-refractivity contribution is 7.84. The van der Waals surface area contributed by atoms with E-state index in [0.717, 1.165) is 17.9 Å². The van der Waals surface area contributed by atoms with E-state index >= 15 is 0 Å². The van der Waals surface area contributed by atoms with E-state index in [0.29, 0.717) is 12.3 Å². The van der Waals surface area contributed by atoms with Crippen molar-refractivity contribution in [1.29, 1.82) is 5.26 Å². The molecule has 0 heterocycles. The molecule has 0 radical (unpaired) electrons. The molecule has 2 nitrogen and oxygen atoms in total. The van der Waals surface area contributed by atoms with Gasteiger partial charge in [-0.3, -0.25) is 4.21 Å². The molecule has 14 heavy (non-hydrogen) atoms. The van der Waals surface area contributed by atoms with Crippen molar-refractivity contribution in [1.82, 2.24) is 0 Å². The van der Waals surface area contributed by atoms with Gasteiger partial charge in [-0.05, 0) is 25.2 Å². The van der Waals surface area contributed by atoms with E-state index < -0.39 is 10.8 Å². The smallest absolute Gasteiger partial charge is 0.0622 e. The standard InChI is InChI=1S/C11H19NOS/c12-8-4-5-9-14(13)10-11-6-2-1-3-7-11/h11H,1-7,9-10H2. The Morgan fingerprint density at radius 1 is 1.29 bits per heavy atom. The summed E-state index contributed by atoms with van der Waals surface area (Å²) in [5.74, 6) is 2.31. The molecule has 3 heteroatoms. The first-order valence-electron chi connectivity index (χ1n) is 5.55. The minimum absolute atomic E-state index is 0.552. The summed E-state index contributed by atoms with van der Waals surface area (Å²) >= 11 is 0. The second-order valence-electron chi connectivity index (χ2n) is 4.08. The summed E-state index contributed by atoms with van der Waals surface area (Å²) in [6.07, 6.45) is 7.89. The minimum atomic E-state index is -0.670. The van der Waals surface area contributed by atoms with E-state index in [2.05, 4.69) is 6.07 Å². The maximum absolute atomic E-state index is 11.6. The molecule has 0 aromatic carbocycles. The average molecular weight is 213 g/mol. The minimum Gasteiger partial charge on any atom is -0.260 e. The second kappa shape index (κ2) is 7.00. The van der Waals surface area contributed by atoms with Crippen molar-refractivity contribution in [3.8, 4) is 6.07 Å². The fraction of sp³-hybridized carbons (Fsp3) is 0.909. The van der Waals surface area contributed by atoms with Crippen LogP contribution in [-0.4, -0.2) is 15.7 Å². The Morgan fingerprint density at radius 3 is 2.64 bits per heavy atom. The summed E-state index contributed by atoms with van der Waals surface area (Å²) < 4.78 is 11.6. The SMILES string of the molecule is N#CCCCS(=O)CC1CCCCC1. The predicted molar refractivity (Wildman–Crippen MR) is 59.3 cm³/mol. The van der Waals surface area contributed by atoms with Crippen LogP contribution >= 0.6 is 0 Å². The highest BCUT2D eigenvalue weighted by Gasteiger charge is 2.15. The lowest BCUT2D eigenvalue weighted by Crippen LogP contribution is -2.16. The van der Waals surface area contributed by atoms with E-state index in [9.17, 15) is 4.21 Å². The molecule has 1 fully saturated rings. The van der Waals surface area contributed by atoms with Gasteiger partial charge in [0.25, 0.3) is 0 Å². The van der Waals surface area contributed by atoms with Crippen molar-refractivity contribution in [2.75, 3.05) is 11.5 Å². The predicted octanol–water partition coefficient (Wildman–Crippen LogP) is 2.62. The highest BCUT2D eigenvalue weighted by atomic mass is 32.2. The van der Waals surface area contributed by atoms with E-state index in [1.165, 1.54) is 32.1 Å². The molecule has 1 saturated carbocycles. The van der Waals surface area contributed by atoms with Gasteiger partial charge in [0.2, 0.25) is 0 Å². The van der Waals surface area contributed by atoms with Gasteiger partial charge in [0.05, 0.1) is 6.07 Å². The summed E-state index contributed by atoms with van der Waals surface area (Å²) in [5.41, 5.74) is 0. The summed E-state index contributed by atoms with van der Waals surface area (Å²) in [5, 5.41) is 8.35. The normalized spacial score (nSPS) is 20.2. The van der Waals surface area contributed by atoms with Gasteiger partial charge in [-0.15, -0.1) is 0 Å². The van der Waals surface area contributed by atoms with Gasteiger partial charge in [-0.2, -0.15) is 5.26 Å². The lowest BCUT2D eigenvalue weighted by molar-refractivity contribution is 0.388. The molecule has 1 atom stereocenters. The first kappa shape index (κ1) is 11.7. The van der Waals surface area contributed by atoms with E-state index in [1.54, 1.807) is 0 Å². The van der Waals surface area contributed by atoms with Crippen LogP contribution in [0, 0.1) is 17.2 Å². The Bertz CT molecular complexity index is 216. The molecule has 0 spiro atoms. The third-order valence-corrected chi connectivity index (χ3v) is 4.39. The maximum Gasteiger partial charge on any atom is 0.0622 e. The van der Waals surface area contributed by atoms with Gasteiger partial charge in [0, 0.05) is 28.7 Å². The third-order valence-electron chi connectivity index (χ3n) is 2.81. The molecule has 0 N–H and O–H groups in total. The van der Waals surface area contributed by atoms with Crippen LogP contribution in [0.25, 0.3) is 0 Å². The molecule has 0 amide bonds. The van der Waals surface area contributed by atoms with Gasteiger partial charge in [0.15, 0.2) is 0 Å². The van der Waals surface area contributed by atoms with Gasteiger partial charge in [-0.25, -0.2) is 0 Å². The first-order chi connectivity index (χ1) is 6.83. The van der Waals surface area contributed by atoms with E-state index in [4.69, 9.17) is 5.26 Å². The molecule has 0 aliphatic heterocycles. The fourth-order valence-corrected chi connectivity index (χ4v) is 3.50. The monoisotopic (exact) mass is 213 g/mol. The van der Waals surface area contributed by atoms with E-state index in [1.807, 2.05) is 0 Å². The van der Waals surface area contributed by atoms with Crippen LogP contribution in [0.5, 0.6) is 0 Å². The zero-order valence-electron chi connectivity index (χ0n) is 8.71. The van der Waals surface area contributed by atoms with Crippen LogP contribution in [0.15, 0.2) is 0 Å². The number of unbranched alkanes of at least 4 members (excludes halogenated alkanes) is 1. The summed E-state index contributed by atoms with van der Waals surface area (Å²) in [6.45, 7) is 0. The summed E-state index contributed by atoms with van der Waals surface area (Å²) in [6, 6.07) is 2.09. The molecular formula is C11H19NOS. The zero-order chi connectivity index (χ0) is 10.2. The molecule has 1 aliphatic carbocycles. The van der Waals surface area contributed by atoms with Crippen molar-refractivity contribution < 1.29 is 4.21 Å². The largest absolute Gasteiger partial charge is 0.260 e. The highest BCUT2D eigenvalue weighted by Crippen LogP contribution is 2.24. The average Bonchev–Trinajstić information content (AvgIpc) is 2.20. The van der Waals surface area contributed by atoms with Crippen molar-refractivity contribution in [2.24, 2.45) is 5.92 Å². The molecule has 1 unspecified atom stereocenters. The topological polar surface area (TPSA) is 40.9 Å². The number of hydrogen-bond donors (Lipinski definition) is 0. The van der Waals surface area contributed by atoms with Crippen LogP contribution in [0.1, 0.15) is 44.9 Å². The van der Waals surface area contributed by atoms with E-state index in [-0.39, 0.29) is 0 Å². The molecular weight excluding hydrogens is 194 g/mol. The first-order valence-corrected chi connectivity index (χ1v) is 7.03. The quantitative estimate of drug-likeness (QED) is 0.659. The fourth-order valence-electron chi connectivity index (χ4n) is 2.01. The van der Waals surface area contributed by atoms with Crippen LogP contribution < -0.4 is 0 Å². The second-order valence-corrected chi connectivity index (χ2v) is 5.70. The Hall–Kier alpha value is -0.360. The van der Waals surface area contributed by atoms with Crippen LogP contribution in [0.2, 0.25) is 0 Å². The lowest BCUT2D eigenvalue weighted by Gasteiger charge is -2.20. The number of nitrogens with zero attached hydrogens (tertiary/aromatic N) is 1. The molecule has 1 rings (SSSR count). The number of hydrogen-bond acceptors (Lipinski definition) is 2. The van der Waals surface area contributed by atoms with Crippen molar-refractivity contribution in [3.63, 3.8) is 0 Å². The molecule has 0 bridgehead atoms. The Kier molecular flexibility index (Phi) is 5.86. The molecule has 0 aromatic heterocycles. The van der Waals surface area contributed by atoms with Crippen molar-refractivity contribution in [2.45, 2.75) is 44.9 Å². The van der Waals surface area contributed by atoms with Crippen LogP contribution in [-0.2, 0) is 10.8 Å². The van der Waals surface area contributed by atoms with Crippen LogP contribution in [0.3, 0.4) is 0 Å².